The van der Waals surface area contributed by atoms with E-state index in [0.717, 1.165) is 14.5 Å². The zero-order valence-electron chi connectivity index (χ0n) is 9.31. The minimum absolute atomic E-state index is 0.966. The Hall–Kier alpha value is 0.170. The molecule has 0 saturated heterocycles. The molecular weight excluding hydrogens is 175 g/mol. The van der Waals surface area contributed by atoms with Crippen LogP contribution in [0.3, 0.4) is 0 Å². The van der Waals surface area contributed by atoms with E-state index in [1.54, 1.807) is 0 Å². The van der Waals surface area contributed by atoms with E-state index in [9.17, 15) is 0 Å². The molecule has 2 atom stereocenters. The molecular formula is C12H25P. The molecule has 0 heterocycles. The first kappa shape index (κ1) is 13.2. The van der Waals surface area contributed by atoms with Gasteiger partial charge in [0.15, 0.2) is 0 Å². The van der Waals surface area contributed by atoms with Crippen LogP contribution in [-0.2, 0) is 0 Å². The first-order valence-electron chi connectivity index (χ1n) is 5.69. The smallest absolute Gasteiger partial charge is 0.0291 e. The molecule has 78 valence electrons. The Labute approximate surface area is 86.0 Å². The fourth-order valence-corrected chi connectivity index (χ4v) is 2.55. The van der Waals surface area contributed by atoms with Crippen molar-refractivity contribution in [3.63, 3.8) is 0 Å². The van der Waals surface area contributed by atoms with Crippen LogP contribution in [0, 0.1) is 5.92 Å². The molecule has 0 aliphatic carbocycles. The number of rotatable bonds is 9. The predicted octanol–water partition coefficient (Wildman–Crippen LogP) is 4.81. The topological polar surface area (TPSA) is 0 Å². The van der Waals surface area contributed by atoms with Crippen molar-refractivity contribution >= 4 is 8.58 Å². The maximum atomic E-state index is 3.79. The van der Waals surface area contributed by atoms with Gasteiger partial charge in [0, 0.05) is 0 Å². The van der Waals surface area contributed by atoms with Crippen LogP contribution < -0.4 is 0 Å². The Morgan fingerprint density at radius 1 is 1.23 bits per heavy atom. The summed E-state index contributed by atoms with van der Waals surface area (Å²) in [6.45, 7) is 8.38. The molecule has 0 aliphatic heterocycles. The fourth-order valence-electron chi connectivity index (χ4n) is 1.56. The van der Waals surface area contributed by atoms with E-state index in [4.69, 9.17) is 0 Å². The van der Waals surface area contributed by atoms with Gasteiger partial charge < -0.3 is 0 Å². The van der Waals surface area contributed by atoms with Gasteiger partial charge in [0.1, 0.15) is 0 Å². The van der Waals surface area contributed by atoms with Gasteiger partial charge >= 0.3 is 0 Å². The zero-order valence-corrected chi connectivity index (χ0v) is 10.3. The van der Waals surface area contributed by atoms with Gasteiger partial charge in [-0.3, -0.25) is 0 Å². The molecule has 0 nitrogen and oxygen atoms in total. The van der Waals surface area contributed by atoms with Crippen LogP contribution in [0.15, 0.2) is 12.4 Å². The minimum atomic E-state index is 0.966. The van der Waals surface area contributed by atoms with Crippen LogP contribution in [0.4, 0.5) is 0 Å². The Morgan fingerprint density at radius 3 is 2.54 bits per heavy atom. The van der Waals surface area contributed by atoms with Crippen LogP contribution in [0.2, 0.25) is 0 Å². The van der Waals surface area contributed by atoms with E-state index in [1.165, 1.54) is 44.7 Å². The highest BCUT2D eigenvalue weighted by Crippen LogP contribution is 2.23. The van der Waals surface area contributed by atoms with Gasteiger partial charge in [-0.2, -0.15) is 0 Å². The summed E-state index contributed by atoms with van der Waals surface area (Å²) in [5, 5.41) is 0. The lowest BCUT2D eigenvalue weighted by molar-refractivity contribution is 0.483. The molecule has 0 aromatic carbocycles. The van der Waals surface area contributed by atoms with Gasteiger partial charge in [-0.25, -0.2) is 0 Å². The fraction of sp³-hybridized carbons (Fsp3) is 0.833. The average Bonchev–Trinajstić information content (AvgIpc) is 2.17. The first-order chi connectivity index (χ1) is 6.35. The maximum Gasteiger partial charge on any atom is -0.0291 e. The molecule has 0 saturated carbocycles. The Bertz CT molecular complexity index is 110. The second-order valence-electron chi connectivity index (χ2n) is 3.74. The molecule has 0 rings (SSSR count). The van der Waals surface area contributed by atoms with Crippen LogP contribution >= 0.6 is 8.58 Å². The SMILES string of the molecule is C=CPCC(CC)CCCCCC. The third kappa shape index (κ3) is 8.50. The van der Waals surface area contributed by atoms with Crippen molar-refractivity contribution in [2.75, 3.05) is 6.16 Å². The highest BCUT2D eigenvalue weighted by Gasteiger charge is 2.03. The van der Waals surface area contributed by atoms with Gasteiger partial charge in [-0.1, -0.05) is 73.3 Å². The molecule has 0 amide bonds. The van der Waals surface area contributed by atoms with Crippen molar-refractivity contribution in [3.8, 4) is 0 Å². The van der Waals surface area contributed by atoms with Gasteiger partial charge in [-0.05, 0) is 12.1 Å². The molecule has 0 aromatic rings. The normalized spacial score (nSPS) is 13.7. The lowest BCUT2D eigenvalue weighted by Gasteiger charge is -2.12. The minimum Gasteiger partial charge on any atom is -0.0988 e. The highest BCUT2D eigenvalue weighted by atomic mass is 31.1. The van der Waals surface area contributed by atoms with Crippen molar-refractivity contribution in [1.82, 2.24) is 0 Å². The number of hydrogen-bond acceptors (Lipinski definition) is 0. The van der Waals surface area contributed by atoms with Gasteiger partial charge in [0.05, 0.1) is 0 Å². The summed E-state index contributed by atoms with van der Waals surface area (Å²) in [6, 6.07) is 0. The standard InChI is InChI=1S/C12H25P/c1-4-7-8-9-10-12(5-2)11-13-6-3/h6,12-13H,3-5,7-11H2,1-2H3. The molecule has 2 unspecified atom stereocenters. The zero-order chi connectivity index (χ0) is 9.94. The van der Waals surface area contributed by atoms with Crippen LogP contribution in [0.5, 0.6) is 0 Å². The van der Waals surface area contributed by atoms with E-state index >= 15 is 0 Å². The maximum absolute atomic E-state index is 3.79. The van der Waals surface area contributed by atoms with Crippen molar-refractivity contribution in [3.05, 3.63) is 12.4 Å². The van der Waals surface area contributed by atoms with Crippen LogP contribution in [0.25, 0.3) is 0 Å². The lowest BCUT2D eigenvalue weighted by Crippen LogP contribution is -2.00. The molecule has 0 fully saturated rings. The molecule has 0 N–H and O–H groups in total. The van der Waals surface area contributed by atoms with Crippen molar-refractivity contribution in [2.45, 2.75) is 52.4 Å². The third-order valence-electron chi connectivity index (χ3n) is 2.59. The Morgan fingerprint density at radius 2 is 2.00 bits per heavy atom. The van der Waals surface area contributed by atoms with E-state index in [-0.39, 0.29) is 0 Å². The molecule has 0 aliphatic rings. The summed E-state index contributed by atoms with van der Waals surface area (Å²) < 4.78 is 0. The Kier molecular flexibility index (Phi) is 10.4. The molecule has 1 heteroatoms. The summed E-state index contributed by atoms with van der Waals surface area (Å²) >= 11 is 0. The summed E-state index contributed by atoms with van der Waals surface area (Å²) in [7, 11) is 0.978. The van der Waals surface area contributed by atoms with E-state index < -0.39 is 0 Å². The number of unbranched alkanes of at least 4 members (excludes halogenated alkanes) is 3. The van der Waals surface area contributed by atoms with E-state index in [0.29, 0.717) is 0 Å². The molecule has 0 aromatic heterocycles. The number of hydrogen-bond donors (Lipinski definition) is 0. The summed E-state index contributed by atoms with van der Waals surface area (Å²) in [4.78, 5) is 0. The van der Waals surface area contributed by atoms with E-state index in [2.05, 4.69) is 26.2 Å². The van der Waals surface area contributed by atoms with Crippen molar-refractivity contribution in [2.24, 2.45) is 5.92 Å². The van der Waals surface area contributed by atoms with Crippen LogP contribution in [-0.4, -0.2) is 6.16 Å². The summed E-state index contributed by atoms with van der Waals surface area (Å²) in [6.07, 6.45) is 9.82. The first-order valence-corrected chi connectivity index (χ1v) is 6.97. The largest absolute Gasteiger partial charge is 0.0988 e. The third-order valence-corrected chi connectivity index (χ3v) is 3.70. The molecule has 0 radical (unpaired) electrons. The predicted molar refractivity (Wildman–Crippen MR) is 65.9 cm³/mol. The van der Waals surface area contributed by atoms with Crippen molar-refractivity contribution < 1.29 is 0 Å². The average molecular weight is 200 g/mol. The molecule has 0 spiro atoms. The Balaban J connectivity index is 3.30. The quantitative estimate of drug-likeness (QED) is 0.370. The second-order valence-corrected chi connectivity index (χ2v) is 4.96. The van der Waals surface area contributed by atoms with Gasteiger partial charge in [-0.15, -0.1) is 0 Å². The summed E-state index contributed by atoms with van der Waals surface area (Å²) in [5.41, 5.74) is 0. The lowest BCUT2D eigenvalue weighted by atomic mass is 10.0. The molecule has 0 bridgehead atoms. The monoisotopic (exact) mass is 200 g/mol. The second kappa shape index (κ2) is 10.3. The summed E-state index contributed by atoms with van der Waals surface area (Å²) in [5.74, 6) is 3.04. The van der Waals surface area contributed by atoms with Gasteiger partial charge in [0.25, 0.3) is 0 Å². The van der Waals surface area contributed by atoms with Crippen LogP contribution in [0.1, 0.15) is 52.4 Å². The van der Waals surface area contributed by atoms with Crippen molar-refractivity contribution in [1.29, 1.82) is 0 Å². The van der Waals surface area contributed by atoms with E-state index in [1.807, 2.05) is 0 Å². The highest BCUT2D eigenvalue weighted by molar-refractivity contribution is 7.41. The van der Waals surface area contributed by atoms with Gasteiger partial charge in [0.2, 0.25) is 0 Å². The molecule has 13 heavy (non-hydrogen) atoms.